The lowest BCUT2D eigenvalue weighted by molar-refractivity contribution is 1.18. The van der Waals surface area contributed by atoms with Crippen molar-refractivity contribution in [1.29, 1.82) is 0 Å². The van der Waals surface area contributed by atoms with Gasteiger partial charge in [0, 0.05) is 33.6 Å². The third-order valence-electron chi connectivity index (χ3n) is 7.51. The average Bonchev–Trinajstić information content (AvgIpc) is 3.09. The Hall–Kier alpha value is -5.19. The molecule has 3 nitrogen and oxygen atoms in total. The zero-order chi connectivity index (χ0) is 29.0. The minimum atomic E-state index is 0.696. The summed E-state index contributed by atoms with van der Waals surface area (Å²) < 4.78 is 1.08. The molecule has 0 N–H and O–H groups in total. The van der Waals surface area contributed by atoms with Crippen molar-refractivity contribution in [3.05, 3.63) is 162 Å². The lowest BCUT2D eigenvalue weighted by Gasteiger charge is -2.11. The van der Waals surface area contributed by atoms with E-state index in [0.29, 0.717) is 5.82 Å². The van der Waals surface area contributed by atoms with Gasteiger partial charge < -0.3 is 0 Å². The van der Waals surface area contributed by atoms with E-state index in [9.17, 15) is 0 Å². The molecule has 0 fully saturated rings. The van der Waals surface area contributed by atoms with Crippen molar-refractivity contribution >= 4 is 15.9 Å². The summed E-state index contributed by atoms with van der Waals surface area (Å²) in [5.74, 6) is 0.696. The Balaban J connectivity index is 1.21. The van der Waals surface area contributed by atoms with E-state index in [1.54, 1.807) is 6.20 Å². The molecule has 0 atom stereocenters. The Morgan fingerprint density at radius 2 is 0.791 bits per heavy atom. The van der Waals surface area contributed by atoms with E-state index >= 15 is 0 Å². The van der Waals surface area contributed by atoms with Crippen LogP contribution in [0.2, 0.25) is 0 Å². The van der Waals surface area contributed by atoms with Gasteiger partial charge in [0.05, 0.1) is 11.4 Å². The molecule has 0 saturated carbocycles. The number of rotatable bonds is 6. The topological polar surface area (TPSA) is 38.7 Å². The Morgan fingerprint density at radius 1 is 0.372 bits per heavy atom. The maximum absolute atomic E-state index is 5.03. The van der Waals surface area contributed by atoms with Crippen molar-refractivity contribution in [2.75, 3.05) is 0 Å². The summed E-state index contributed by atoms with van der Waals surface area (Å²) in [6.07, 6.45) is 3.66. The van der Waals surface area contributed by atoms with Crippen LogP contribution in [-0.4, -0.2) is 15.0 Å². The Morgan fingerprint density at radius 3 is 1.30 bits per heavy atom. The molecule has 0 aliphatic rings. The summed E-state index contributed by atoms with van der Waals surface area (Å²) in [6, 6.07) is 50.4. The van der Waals surface area contributed by atoms with Crippen LogP contribution in [0.15, 0.2) is 162 Å². The molecule has 7 rings (SSSR count). The molecule has 43 heavy (non-hydrogen) atoms. The summed E-state index contributed by atoms with van der Waals surface area (Å²) in [7, 11) is 0. The second-order valence-corrected chi connectivity index (χ2v) is 11.2. The molecule has 7 aromatic rings. The number of halogens is 1. The van der Waals surface area contributed by atoms with Crippen LogP contribution in [0, 0.1) is 0 Å². The van der Waals surface area contributed by atoms with Gasteiger partial charge in [-0.2, -0.15) is 0 Å². The molecule has 0 unspecified atom stereocenters. The van der Waals surface area contributed by atoms with Crippen LogP contribution < -0.4 is 0 Å². The highest BCUT2D eigenvalue weighted by molar-refractivity contribution is 9.10. The van der Waals surface area contributed by atoms with Crippen molar-refractivity contribution in [3.63, 3.8) is 0 Å². The monoisotopic (exact) mass is 615 g/mol. The van der Waals surface area contributed by atoms with Gasteiger partial charge in [0.2, 0.25) is 0 Å². The van der Waals surface area contributed by atoms with Crippen LogP contribution in [0.5, 0.6) is 0 Å². The number of benzene rings is 5. The number of nitrogens with zero attached hydrogens (tertiary/aromatic N) is 3. The fourth-order valence-electron chi connectivity index (χ4n) is 5.16. The molecular formula is C39H26BrN3. The van der Waals surface area contributed by atoms with Gasteiger partial charge in [-0.25, -0.2) is 9.97 Å². The number of pyridine rings is 1. The molecule has 2 aromatic heterocycles. The zero-order valence-corrected chi connectivity index (χ0v) is 24.8. The van der Waals surface area contributed by atoms with E-state index in [2.05, 4.69) is 142 Å². The third-order valence-corrected chi connectivity index (χ3v) is 8.04. The van der Waals surface area contributed by atoms with Gasteiger partial charge in [-0.15, -0.1) is 0 Å². The maximum atomic E-state index is 5.03. The van der Waals surface area contributed by atoms with Crippen molar-refractivity contribution in [1.82, 2.24) is 15.0 Å². The summed E-state index contributed by atoms with van der Waals surface area (Å²) in [5, 5.41) is 0. The molecule has 4 heteroatoms. The Labute approximate surface area is 259 Å². The highest BCUT2D eigenvalue weighted by Gasteiger charge is 2.12. The average molecular weight is 617 g/mol. The summed E-state index contributed by atoms with van der Waals surface area (Å²) in [4.78, 5) is 14.3. The molecule has 0 radical (unpaired) electrons. The fraction of sp³-hybridized carbons (Fsp3) is 0. The summed E-state index contributed by atoms with van der Waals surface area (Å²) in [6.45, 7) is 0. The largest absolute Gasteiger partial charge is 0.264 e. The normalized spacial score (nSPS) is 10.9. The quantitative estimate of drug-likeness (QED) is 0.187. The van der Waals surface area contributed by atoms with Crippen LogP contribution in [-0.2, 0) is 0 Å². The first-order valence-corrected chi connectivity index (χ1v) is 14.9. The molecule has 2 heterocycles. The van der Waals surface area contributed by atoms with E-state index in [1.165, 1.54) is 16.7 Å². The summed E-state index contributed by atoms with van der Waals surface area (Å²) in [5.41, 5.74) is 11.8. The van der Waals surface area contributed by atoms with Crippen LogP contribution in [0.4, 0.5) is 0 Å². The molecule has 0 aliphatic carbocycles. The van der Waals surface area contributed by atoms with E-state index < -0.39 is 0 Å². The van der Waals surface area contributed by atoms with E-state index in [1.807, 2.05) is 30.5 Å². The summed E-state index contributed by atoms with van der Waals surface area (Å²) >= 11 is 3.51. The van der Waals surface area contributed by atoms with Crippen LogP contribution >= 0.6 is 15.9 Å². The fourth-order valence-corrected chi connectivity index (χ4v) is 5.42. The second-order valence-electron chi connectivity index (χ2n) is 10.3. The molecular weight excluding hydrogens is 590 g/mol. The van der Waals surface area contributed by atoms with Crippen molar-refractivity contribution < 1.29 is 0 Å². The minimum Gasteiger partial charge on any atom is -0.264 e. The predicted octanol–water partition coefficient (Wildman–Crippen LogP) is 10.6. The van der Waals surface area contributed by atoms with Crippen molar-refractivity contribution in [2.24, 2.45) is 0 Å². The van der Waals surface area contributed by atoms with Crippen molar-refractivity contribution in [3.8, 4) is 67.3 Å². The minimum absolute atomic E-state index is 0.696. The lowest BCUT2D eigenvalue weighted by Crippen LogP contribution is -1.96. The molecule has 0 saturated heterocycles. The first-order chi connectivity index (χ1) is 21.2. The van der Waals surface area contributed by atoms with Gasteiger partial charge in [-0.3, -0.25) is 4.98 Å². The molecule has 204 valence electrons. The van der Waals surface area contributed by atoms with Gasteiger partial charge in [0.25, 0.3) is 0 Å². The molecule has 5 aromatic carbocycles. The number of aromatic nitrogens is 3. The standard InChI is InChI=1S/C39H26BrN3/c40-36-22-20-30(21-23-36)28-10-8-27(9-11-28)29-12-16-33(17-13-29)38-25-37(32-5-2-1-3-6-32)42-39(43-38)34-18-14-31(15-19-34)35-7-4-24-41-26-35/h1-26H. The molecule has 0 bridgehead atoms. The van der Waals surface area contributed by atoms with Gasteiger partial charge in [0.15, 0.2) is 5.82 Å². The molecule has 0 aliphatic heterocycles. The first kappa shape index (κ1) is 26.7. The number of hydrogen-bond acceptors (Lipinski definition) is 3. The Bertz CT molecular complexity index is 1970. The van der Waals surface area contributed by atoms with Gasteiger partial charge in [-0.05, 0) is 57.6 Å². The van der Waals surface area contributed by atoms with Crippen LogP contribution in [0.3, 0.4) is 0 Å². The predicted molar refractivity (Wildman–Crippen MR) is 180 cm³/mol. The SMILES string of the molecule is Brc1ccc(-c2ccc(-c3ccc(-c4cc(-c5ccccc5)nc(-c5ccc(-c6cccnc6)cc5)n4)cc3)cc2)cc1. The van der Waals surface area contributed by atoms with E-state index in [4.69, 9.17) is 9.97 Å². The van der Waals surface area contributed by atoms with Gasteiger partial charge in [0.1, 0.15) is 0 Å². The maximum Gasteiger partial charge on any atom is 0.160 e. The van der Waals surface area contributed by atoms with Crippen molar-refractivity contribution in [2.45, 2.75) is 0 Å². The molecule has 0 amide bonds. The van der Waals surface area contributed by atoms with Crippen LogP contribution in [0.25, 0.3) is 67.3 Å². The lowest BCUT2D eigenvalue weighted by atomic mass is 9.99. The van der Waals surface area contributed by atoms with E-state index in [0.717, 1.165) is 49.2 Å². The highest BCUT2D eigenvalue weighted by Crippen LogP contribution is 2.31. The van der Waals surface area contributed by atoms with Gasteiger partial charge >= 0.3 is 0 Å². The highest BCUT2D eigenvalue weighted by atomic mass is 79.9. The third kappa shape index (κ3) is 5.92. The first-order valence-electron chi connectivity index (χ1n) is 14.1. The van der Waals surface area contributed by atoms with Gasteiger partial charge in [-0.1, -0.05) is 137 Å². The van der Waals surface area contributed by atoms with Crippen LogP contribution in [0.1, 0.15) is 0 Å². The van der Waals surface area contributed by atoms with E-state index in [-0.39, 0.29) is 0 Å². The molecule has 0 spiro atoms. The smallest absolute Gasteiger partial charge is 0.160 e. The Kier molecular flexibility index (Phi) is 7.43. The zero-order valence-electron chi connectivity index (χ0n) is 23.2. The second kappa shape index (κ2) is 12.0. The number of hydrogen-bond donors (Lipinski definition) is 0.